The molecule has 1 amide bonds. The molecule has 1 aromatic carbocycles. The highest BCUT2D eigenvalue weighted by atomic mass is 19.1. The Hall–Kier alpha value is -1.38. The van der Waals surface area contributed by atoms with Crippen molar-refractivity contribution in [1.29, 1.82) is 0 Å². The third-order valence-corrected chi connectivity index (χ3v) is 1.57. The third-order valence-electron chi connectivity index (χ3n) is 1.57. The van der Waals surface area contributed by atoms with Crippen LogP contribution in [0.1, 0.15) is 23.7 Å². The minimum atomic E-state index is -0.531. The quantitative estimate of drug-likeness (QED) is 0.754. The van der Waals surface area contributed by atoms with Gasteiger partial charge in [-0.1, -0.05) is 19.1 Å². The average Bonchev–Trinajstić information content (AvgIpc) is 2.15. The van der Waals surface area contributed by atoms with Crippen LogP contribution >= 0.6 is 0 Å². The van der Waals surface area contributed by atoms with E-state index in [9.17, 15) is 9.18 Å². The van der Waals surface area contributed by atoms with Crippen molar-refractivity contribution in [3.8, 4) is 0 Å². The van der Waals surface area contributed by atoms with Gasteiger partial charge in [0.05, 0.1) is 5.56 Å². The van der Waals surface area contributed by atoms with Gasteiger partial charge >= 0.3 is 0 Å². The van der Waals surface area contributed by atoms with Crippen molar-refractivity contribution < 1.29 is 9.18 Å². The predicted octanol–water partition coefficient (Wildman–Crippen LogP) is 1.77. The number of hydrogen-bond acceptors (Lipinski definition) is 1. The first-order valence-corrected chi connectivity index (χ1v) is 4.20. The van der Waals surface area contributed by atoms with Crippen molar-refractivity contribution in [2.75, 3.05) is 6.54 Å². The van der Waals surface area contributed by atoms with Gasteiger partial charge < -0.3 is 5.32 Å². The van der Waals surface area contributed by atoms with Gasteiger partial charge in [0, 0.05) is 6.54 Å². The van der Waals surface area contributed by atoms with Gasteiger partial charge in [0.2, 0.25) is 0 Å². The molecule has 0 bridgehead atoms. The van der Waals surface area contributed by atoms with Gasteiger partial charge in [0.15, 0.2) is 0 Å². The van der Waals surface area contributed by atoms with Crippen LogP contribution in [0.15, 0.2) is 18.2 Å². The second kappa shape index (κ2) is 4.60. The first kappa shape index (κ1) is 9.71. The monoisotopic (exact) mass is 180 g/mol. The summed E-state index contributed by atoms with van der Waals surface area (Å²) in [5.74, 6) is -0.934. The van der Waals surface area contributed by atoms with Crippen molar-refractivity contribution in [3.63, 3.8) is 0 Å². The number of nitrogens with one attached hydrogen (secondary N) is 1. The second-order valence-corrected chi connectivity index (χ2v) is 2.65. The van der Waals surface area contributed by atoms with Crippen LogP contribution in [0, 0.1) is 11.9 Å². The summed E-state index contributed by atoms with van der Waals surface area (Å²) < 4.78 is 13.0. The first-order chi connectivity index (χ1) is 6.25. The highest BCUT2D eigenvalue weighted by molar-refractivity contribution is 5.94. The molecule has 0 aromatic heterocycles. The van der Waals surface area contributed by atoms with Crippen LogP contribution in [-0.4, -0.2) is 12.5 Å². The van der Waals surface area contributed by atoms with Crippen LogP contribution in [-0.2, 0) is 0 Å². The topological polar surface area (TPSA) is 29.1 Å². The van der Waals surface area contributed by atoms with Crippen LogP contribution in [0.25, 0.3) is 0 Å². The normalized spacial score (nSPS) is 9.69. The maximum Gasteiger partial charge on any atom is 0.254 e. The summed E-state index contributed by atoms with van der Waals surface area (Å²) in [7, 11) is 0. The highest BCUT2D eigenvalue weighted by Gasteiger charge is 2.09. The van der Waals surface area contributed by atoms with E-state index in [0.717, 1.165) is 6.42 Å². The Morgan fingerprint density at radius 1 is 1.69 bits per heavy atom. The summed E-state index contributed by atoms with van der Waals surface area (Å²) >= 11 is 0. The number of rotatable bonds is 3. The fourth-order valence-corrected chi connectivity index (χ4v) is 0.917. The smallest absolute Gasteiger partial charge is 0.254 e. The molecule has 0 heterocycles. The van der Waals surface area contributed by atoms with Gasteiger partial charge in [0.25, 0.3) is 5.91 Å². The number of amides is 1. The Bertz CT molecular complexity index is 299. The van der Waals surface area contributed by atoms with Crippen molar-refractivity contribution in [3.05, 3.63) is 35.6 Å². The summed E-state index contributed by atoms with van der Waals surface area (Å²) in [6, 6.07) is 6.83. The van der Waals surface area contributed by atoms with E-state index in [4.69, 9.17) is 0 Å². The largest absolute Gasteiger partial charge is 0.352 e. The zero-order valence-electron chi connectivity index (χ0n) is 7.43. The van der Waals surface area contributed by atoms with E-state index in [1.54, 1.807) is 0 Å². The zero-order chi connectivity index (χ0) is 9.68. The van der Waals surface area contributed by atoms with E-state index in [0.29, 0.717) is 6.54 Å². The molecule has 0 spiro atoms. The van der Waals surface area contributed by atoms with E-state index in [1.165, 1.54) is 18.2 Å². The number of benzene rings is 1. The van der Waals surface area contributed by atoms with E-state index in [-0.39, 0.29) is 5.56 Å². The molecule has 1 radical (unpaired) electrons. The molecule has 0 atom stereocenters. The average molecular weight is 180 g/mol. The Balaban J connectivity index is 2.71. The Morgan fingerprint density at radius 3 is 3.08 bits per heavy atom. The standard InChI is InChI=1S/C10H11FNO/c1-2-7-12-10(13)8-5-3-4-6-9(8)11/h3-4,6H,2,7H2,1H3,(H,12,13). The van der Waals surface area contributed by atoms with Gasteiger partial charge in [-0.3, -0.25) is 4.79 Å². The van der Waals surface area contributed by atoms with E-state index >= 15 is 0 Å². The lowest BCUT2D eigenvalue weighted by molar-refractivity contribution is 0.0949. The van der Waals surface area contributed by atoms with Crippen LogP contribution in [0.5, 0.6) is 0 Å². The molecule has 0 aliphatic heterocycles. The lowest BCUT2D eigenvalue weighted by Gasteiger charge is -2.03. The number of hydrogen-bond donors (Lipinski definition) is 1. The van der Waals surface area contributed by atoms with Crippen molar-refractivity contribution >= 4 is 5.91 Å². The summed E-state index contributed by atoms with van der Waals surface area (Å²) in [6.07, 6.45) is 0.834. The van der Waals surface area contributed by atoms with Gasteiger partial charge in [0.1, 0.15) is 5.82 Å². The molecule has 0 aliphatic rings. The molecule has 3 heteroatoms. The van der Waals surface area contributed by atoms with E-state index in [2.05, 4.69) is 11.4 Å². The molecule has 0 unspecified atom stereocenters. The van der Waals surface area contributed by atoms with Crippen LogP contribution in [0.3, 0.4) is 0 Å². The summed E-state index contributed by atoms with van der Waals surface area (Å²) in [6.45, 7) is 2.49. The first-order valence-electron chi connectivity index (χ1n) is 4.20. The lowest BCUT2D eigenvalue weighted by Crippen LogP contribution is -2.24. The molecular weight excluding hydrogens is 169 g/mol. The molecule has 1 rings (SSSR count). The Kier molecular flexibility index (Phi) is 3.43. The second-order valence-electron chi connectivity index (χ2n) is 2.65. The number of carbonyl (C=O) groups is 1. The van der Waals surface area contributed by atoms with E-state index < -0.39 is 11.7 Å². The molecule has 0 fully saturated rings. The van der Waals surface area contributed by atoms with Crippen molar-refractivity contribution in [1.82, 2.24) is 5.32 Å². The highest BCUT2D eigenvalue weighted by Crippen LogP contribution is 2.04. The molecule has 2 nitrogen and oxygen atoms in total. The summed E-state index contributed by atoms with van der Waals surface area (Å²) in [5.41, 5.74) is -0.0176. The molecule has 0 aliphatic carbocycles. The predicted molar refractivity (Wildman–Crippen MR) is 47.9 cm³/mol. The Morgan fingerprint density at radius 2 is 2.46 bits per heavy atom. The maximum atomic E-state index is 13.0. The molecule has 0 saturated carbocycles. The van der Waals surface area contributed by atoms with Gasteiger partial charge in [-0.2, -0.15) is 0 Å². The van der Waals surface area contributed by atoms with Crippen LogP contribution in [0.4, 0.5) is 4.39 Å². The van der Waals surface area contributed by atoms with Crippen molar-refractivity contribution in [2.45, 2.75) is 13.3 Å². The third kappa shape index (κ3) is 2.54. The van der Waals surface area contributed by atoms with Crippen LogP contribution < -0.4 is 5.32 Å². The lowest BCUT2D eigenvalue weighted by atomic mass is 10.2. The fraction of sp³-hybridized carbons (Fsp3) is 0.300. The molecular formula is C10H11FNO. The zero-order valence-corrected chi connectivity index (χ0v) is 7.43. The molecule has 69 valence electrons. The number of halogens is 1. The SMILES string of the molecule is CCCNC(=O)c1[c]cccc1F. The van der Waals surface area contributed by atoms with Crippen LogP contribution in [0.2, 0.25) is 0 Å². The van der Waals surface area contributed by atoms with Gasteiger partial charge in [-0.25, -0.2) is 4.39 Å². The maximum absolute atomic E-state index is 13.0. The van der Waals surface area contributed by atoms with Gasteiger partial charge in [-0.05, 0) is 18.6 Å². The fourth-order valence-electron chi connectivity index (χ4n) is 0.917. The van der Waals surface area contributed by atoms with Gasteiger partial charge in [-0.15, -0.1) is 0 Å². The molecule has 13 heavy (non-hydrogen) atoms. The van der Waals surface area contributed by atoms with E-state index in [1.807, 2.05) is 6.92 Å². The molecule has 1 aromatic rings. The Labute approximate surface area is 76.8 Å². The van der Waals surface area contributed by atoms with Crippen molar-refractivity contribution in [2.24, 2.45) is 0 Å². The molecule has 0 saturated heterocycles. The summed E-state index contributed by atoms with van der Waals surface area (Å²) in [5, 5.41) is 2.58. The summed E-state index contributed by atoms with van der Waals surface area (Å²) in [4.78, 5) is 11.2. The minimum Gasteiger partial charge on any atom is -0.352 e. The number of carbonyl (C=O) groups excluding carboxylic acids is 1. The molecule has 1 N–H and O–H groups in total. The minimum absolute atomic E-state index is 0.0176.